The van der Waals surface area contributed by atoms with Gasteiger partial charge < -0.3 is 19.8 Å². The van der Waals surface area contributed by atoms with Crippen LogP contribution in [0.2, 0.25) is 0 Å². The molecule has 8 nitrogen and oxygen atoms in total. The monoisotopic (exact) mass is 618 g/mol. The summed E-state index contributed by atoms with van der Waals surface area (Å²) in [5.41, 5.74) is -3.21. The van der Waals surface area contributed by atoms with Gasteiger partial charge in [0.15, 0.2) is 0 Å². The van der Waals surface area contributed by atoms with E-state index in [9.17, 15) is 50.2 Å². The lowest BCUT2D eigenvalue weighted by molar-refractivity contribution is -0.143. The SMILES string of the molecule is CN(C(=O)N(C)[C@@H]1CN(C(=O)C2CCN(C(=O)O)CC2)C[C@H]1c1ccc(F)cc1)c1cc(C(F)(F)F)cc(C(F)(F)F)c1. The van der Waals surface area contributed by atoms with E-state index < -0.39 is 65.0 Å². The number of amides is 4. The van der Waals surface area contributed by atoms with Crippen molar-refractivity contribution in [3.63, 3.8) is 0 Å². The second kappa shape index (κ2) is 11.9. The summed E-state index contributed by atoms with van der Waals surface area (Å²) in [5.74, 6) is -1.82. The molecule has 234 valence electrons. The number of carbonyl (C=O) groups excluding carboxylic acids is 2. The molecule has 4 rings (SSSR count). The molecular weight excluding hydrogens is 589 g/mol. The number of carbonyl (C=O) groups is 3. The number of likely N-dealkylation sites (tertiary alicyclic amines) is 2. The highest BCUT2D eigenvalue weighted by molar-refractivity contribution is 5.92. The van der Waals surface area contributed by atoms with Gasteiger partial charge in [-0.2, -0.15) is 26.3 Å². The highest BCUT2D eigenvalue weighted by Crippen LogP contribution is 2.39. The number of halogens is 7. The second-order valence-corrected chi connectivity index (χ2v) is 10.7. The van der Waals surface area contributed by atoms with E-state index in [1.54, 1.807) is 0 Å². The van der Waals surface area contributed by atoms with Gasteiger partial charge in [0, 0.05) is 57.8 Å². The number of rotatable bonds is 4. The molecule has 0 radical (unpaired) electrons. The number of likely N-dealkylation sites (N-methyl/N-ethyl adjacent to an activating group) is 1. The Bertz CT molecular complexity index is 1330. The van der Waals surface area contributed by atoms with Crippen LogP contribution in [0.1, 0.15) is 35.4 Å². The Hall–Kier alpha value is -4.04. The largest absolute Gasteiger partial charge is 0.465 e. The van der Waals surface area contributed by atoms with Crippen molar-refractivity contribution in [2.45, 2.75) is 37.2 Å². The molecular formula is C28H29F7N4O4. The van der Waals surface area contributed by atoms with Gasteiger partial charge in [-0.3, -0.25) is 9.69 Å². The van der Waals surface area contributed by atoms with Crippen LogP contribution in [0, 0.1) is 11.7 Å². The molecule has 2 fully saturated rings. The molecule has 15 heteroatoms. The molecule has 2 atom stereocenters. The van der Waals surface area contributed by atoms with Gasteiger partial charge in [0.05, 0.1) is 17.2 Å². The molecule has 1 N–H and O–H groups in total. The Morgan fingerprint density at radius 1 is 0.837 bits per heavy atom. The summed E-state index contributed by atoms with van der Waals surface area (Å²) in [4.78, 5) is 42.7. The second-order valence-electron chi connectivity index (χ2n) is 10.7. The zero-order valence-electron chi connectivity index (χ0n) is 23.1. The average Bonchev–Trinajstić information content (AvgIpc) is 3.40. The van der Waals surface area contributed by atoms with Crippen LogP contribution in [0.25, 0.3) is 0 Å². The Labute approximate surface area is 242 Å². The molecule has 2 aliphatic rings. The van der Waals surface area contributed by atoms with Crippen molar-refractivity contribution in [1.82, 2.24) is 14.7 Å². The van der Waals surface area contributed by atoms with Crippen LogP contribution in [0.15, 0.2) is 42.5 Å². The number of urea groups is 1. The van der Waals surface area contributed by atoms with E-state index in [1.165, 1.54) is 41.1 Å². The molecule has 43 heavy (non-hydrogen) atoms. The van der Waals surface area contributed by atoms with Crippen LogP contribution in [0.4, 0.5) is 46.0 Å². The molecule has 2 heterocycles. The summed E-state index contributed by atoms with van der Waals surface area (Å²) in [5, 5.41) is 9.19. The normalized spacial score (nSPS) is 19.8. The first-order valence-corrected chi connectivity index (χ1v) is 13.3. The molecule has 0 unspecified atom stereocenters. The fraction of sp³-hybridized carbons (Fsp3) is 0.464. The quantitative estimate of drug-likeness (QED) is 0.444. The Kier molecular flexibility index (Phi) is 8.84. The van der Waals surface area contributed by atoms with E-state index in [1.807, 2.05) is 0 Å². The predicted molar refractivity (Wildman–Crippen MR) is 140 cm³/mol. The third-order valence-corrected chi connectivity index (χ3v) is 8.06. The third-order valence-electron chi connectivity index (χ3n) is 8.06. The van der Waals surface area contributed by atoms with Gasteiger partial charge in [0.1, 0.15) is 5.82 Å². The van der Waals surface area contributed by atoms with Crippen LogP contribution in [0.3, 0.4) is 0 Å². The number of alkyl halides is 6. The van der Waals surface area contributed by atoms with Crippen molar-refractivity contribution in [2.75, 3.05) is 45.2 Å². The van der Waals surface area contributed by atoms with Crippen LogP contribution >= 0.6 is 0 Å². The average molecular weight is 619 g/mol. The van der Waals surface area contributed by atoms with E-state index >= 15 is 0 Å². The highest BCUT2D eigenvalue weighted by atomic mass is 19.4. The molecule has 2 aliphatic heterocycles. The van der Waals surface area contributed by atoms with Gasteiger partial charge in [-0.1, -0.05) is 12.1 Å². The number of hydrogen-bond donors (Lipinski definition) is 1. The molecule has 0 saturated carbocycles. The van der Waals surface area contributed by atoms with Gasteiger partial charge in [-0.15, -0.1) is 0 Å². The number of benzene rings is 2. The highest BCUT2D eigenvalue weighted by Gasteiger charge is 2.43. The number of nitrogens with zero attached hydrogens (tertiary/aromatic N) is 4. The summed E-state index contributed by atoms with van der Waals surface area (Å²) in [6.07, 6.45) is -10.7. The maximum Gasteiger partial charge on any atom is 0.416 e. The first-order chi connectivity index (χ1) is 20.0. The van der Waals surface area contributed by atoms with Gasteiger partial charge in [-0.25, -0.2) is 14.0 Å². The van der Waals surface area contributed by atoms with E-state index in [-0.39, 0.29) is 38.2 Å². The summed E-state index contributed by atoms with van der Waals surface area (Å²) in [6.45, 7) is 0.443. The third kappa shape index (κ3) is 6.96. The van der Waals surface area contributed by atoms with Crippen molar-refractivity contribution in [2.24, 2.45) is 5.92 Å². The van der Waals surface area contributed by atoms with Gasteiger partial charge >= 0.3 is 24.5 Å². The van der Waals surface area contributed by atoms with Crippen LogP contribution in [-0.4, -0.2) is 84.2 Å². The van der Waals surface area contributed by atoms with Gasteiger partial charge in [0.25, 0.3) is 0 Å². The maximum atomic E-state index is 13.7. The first kappa shape index (κ1) is 31.9. The summed E-state index contributed by atoms with van der Waals surface area (Å²) >= 11 is 0. The van der Waals surface area contributed by atoms with Crippen LogP contribution in [-0.2, 0) is 17.1 Å². The molecule has 0 bridgehead atoms. The van der Waals surface area contributed by atoms with Crippen molar-refractivity contribution < 1.29 is 50.2 Å². The van der Waals surface area contributed by atoms with Crippen molar-refractivity contribution >= 4 is 23.7 Å². The zero-order chi connectivity index (χ0) is 31.9. The van der Waals surface area contributed by atoms with Crippen molar-refractivity contribution in [1.29, 1.82) is 0 Å². The van der Waals surface area contributed by atoms with Crippen LogP contribution in [0.5, 0.6) is 0 Å². The lowest BCUT2D eigenvalue weighted by Crippen LogP contribution is -2.48. The molecule has 0 spiro atoms. The predicted octanol–water partition coefficient (Wildman–Crippen LogP) is 5.74. The minimum absolute atomic E-state index is 0.00745. The van der Waals surface area contributed by atoms with Crippen molar-refractivity contribution in [3.8, 4) is 0 Å². The molecule has 2 aromatic rings. The first-order valence-electron chi connectivity index (χ1n) is 13.3. The summed E-state index contributed by atoms with van der Waals surface area (Å²) < 4.78 is 94.2. The minimum atomic E-state index is -5.10. The fourth-order valence-electron chi connectivity index (χ4n) is 5.59. The van der Waals surface area contributed by atoms with E-state index in [4.69, 9.17) is 0 Å². The molecule has 0 aromatic heterocycles. The smallest absolute Gasteiger partial charge is 0.416 e. The van der Waals surface area contributed by atoms with Gasteiger partial charge in [0.2, 0.25) is 5.91 Å². The zero-order valence-corrected chi connectivity index (χ0v) is 23.1. The van der Waals surface area contributed by atoms with E-state index in [0.717, 1.165) is 11.9 Å². The van der Waals surface area contributed by atoms with Gasteiger partial charge in [-0.05, 0) is 48.7 Å². The number of anilines is 1. The summed E-state index contributed by atoms with van der Waals surface area (Å²) in [6, 6.07) is 4.55. The topological polar surface area (TPSA) is 84.4 Å². The summed E-state index contributed by atoms with van der Waals surface area (Å²) in [7, 11) is 2.38. The Morgan fingerprint density at radius 3 is 1.86 bits per heavy atom. The van der Waals surface area contributed by atoms with Crippen molar-refractivity contribution in [3.05, 3.63) is 65.0 Å². The number of hydrogen-bond acceptors (Lipinski definition) is 3. The number of piperidine rings is 1. The van der Waals surface area contributed by atoms with E-state index in [2.05, 4.69) is 0 Å². The molecule has 4 amide bonds. The maximum absolute atomic E-state index is 13.7. The van der Waals surface area contributed by atoms with E-state index in [0.29, 0.717) is 35.4 Å². The Balaban J connectivity index is 1.61. The minimum Gasteiger partial charge on any atom is -0.465 e. The Morgan fingerprint density at radius 2 is 1.37 bits per heavy atom. The lowest BCUT2D eigenvalue weighted by Gasteiger charge is -2.33. The molecule has 2 aromatic carbocycles. The lowest BCUT2D eigenvalue weighted by atomic mass is 9.93. The number of carboxylic acid groups (broad SMARTS) is 1. The molecule has 2 saturated heterocycles. The standard InChI is InChI=1S/C28H29F7N4O4/c1-36(21-12-18(27(30,31)32)11-19(13-21)28(33,34)35)25(41)37(2)23-15-39(14-22(23)16-3-5-20(29)6-4-16)24(40)17-7-9-38(10-8-17)26(42)43/h3-6,11-13,17,22-23H,7-10,14-15H2,1-2H3,(H,42,43)/t22-,23+/m0/s1. The fourth-order valence-corrected chi connectivity index (χ4v) is 5.59. The van der Waals surface area contributed by atoms with Crippen LogP contribution < -0.4 is 4.90 Å². The molecule has 0 aliphatic carbocycles.